The van der Waals surface area contributed by atoms with Crippen molar-refractivity contribution in [3.05, 3.63) is 74.8 Å². The van der Waals surface area contributed by atoms with Crippen LogP contribution in [0.3, 0.4) is 0 Å². The molecule has 0 aromatic heterocycles. The Kier molecular flexibility index (Phi) is 3.75. The van der Waals surface area contributed by atoms with E-state index in [1.54, 1.807) is 6.07 Å². The largest absolute Gasteiger partial charge is 0.270 e. The van der Waals surface area contributed by atoms with Gasteiger partial charge in [-0.1, -0.05) is 54.1 Å². The zero-order valence-electron chi connectivity index (χ0n) is 9.42. The lowest BCUT2D eigenvalue weighted by atomic mass is 10.1. The van der Waals surface area contributed by atoms with Crippen molar-refractivity contribution in [3.63, 3.8) is 0 Å². The number of hydrogen-bond acceptors (Lipinski definition) is 2. The van der Waals surface area contributed by atoms with E-state index in [4.69, 9.17) is 11.6 Å². The third-order valence-corrected chi connectivity index (χ3v) is 2.78. The average molecular weight is 260 g/mol. The zero-order chi connectivity index (χ0) is 13.0. The smallest absolute Gasteiger partial charge is 0.258 e. The maximum absolute atomic E-state index is 10.6. The fraction of sp³-hybridized carbons (Fsp3) is 0. The maximum Gasteiger partial charge on any atom is 0.270 e. The van der Waals surface area contributed by atoms with Crippen LogP contribution in [0.15, 0.2) is 48.5 Å². The van der Waals surface area contributed by atoms with Gasteiger partial charge in [0.25, 0.3) is 5.69 Å². The SMILES string of the molecule is O=[N+]([O-])c1ccc(/C=C/c2ccccc2)c(Cl)c1. The normalized spacial score (nSPS) is 10.7. The van der Waals surface area contributed by atoms with E-state index in [-0.39, 0.29) is 5.69 Å². The number of nitrogens with zero attached hydrogens (tertiary/aromatic N) is 1. The minimum absolute atomic E-state index is 0.00291. The summed E-state index contributed by atoms with van der Waals surface area (Å²) in [5, 5.41) is 10.9. The highest BCUT2D eigenvalue weighted by Crippen LogP contribution is 2.24. The van der Waals surface area contributed by atoms with Crippen LogP contribution in [0.25, 0.3) is 12.2 Å². The minimum Gasteiger partial charge on any atom is -0.258 e. The molecule has 0 spiro atoms. The maximum atomic E-state index is 10.6. The van der Waals surface area contributed by atoms with E-state index in [1.165, 1.54) is 12.1 Å². The monoisotopic (exact) mass is 259 g/mol. The van der Waals surface area contributed by atoms with E-state index < -0.39 is 4.92 Å². The summed E-state index contributed by atoms with van der Waals surface area (Å²) in [4.78, 5) is 10.1. The Morgan fingerprint density at radius 2 is 1.78 bits per heavy atom. The molecule has 0 heterocycles. The summed E-state index contributed by atoms with van der Waals surface area (Å²) in [6.45, 7) is 0. The molecule has 2 rings (SSSR count). The molecule has 0 fully saturated rings. The summed E-state index contributed by atoms with van der Waals surface area (Å²) in [6, 6.07) is 14.2. The van der Waals surface area contributed by atoms with Crippen molar-refractivity contribution in [1.82, 2.24) is 0 Å². The van der Waals surface area contributed by atoms with Gasteiger partial charge in [-0.3, -0.25) is 10.1 Å². The molecular formula is C14H10ClNO2. The Morgan fingerprint density at radius 3 is 2.39 bits per heavy atom. The van der Waals surface area contributed by atoms with E-state index in [0.29, 0.717) is 5.02 Å². The Labute approximate surface area is 109 Å². The summed E-state index contributed by atoms with van der Waals surface area (Å²) in [5.74, 6) is 0. The number of nitro benzene ring substituents is 1. The van der Waals surface area contributed by atoms with Crippen molar-refractivity contribution < 1.29 is 4.92 Å². The topological polar surface area (TPSA) is 43.1 Å². The molecule has 90 valence electrons. The fourth-order valence-corrected chi connectivity index (χ4v) is 1.75. The number of benzene rings is 2. The van der Waals surface area contributed by atoms with Crippen LogP contribution in [0.4, 0.5) is 5.69 Å². The van der Waals surface area contributed by atoms with Crippen molar-refractivity contribution in [2.45, 2.75) is 0 Å². The van der Waals surface area contributed by atoms with Crippen LogP contribution in [0, 0.1) is 10.1 Å². The molecule has 0 radical (unpaired) electrons. The molecule has 0 N–H and O–H groups in total. The molecule has 4 heteroatoms. The minimum atomic E-state index is -0.462. The number of rotatable bonds is 3. The molecule has 0 saturated carbocycles. The molecule has 2 aromatic carbocycles. The van der Waals surface area contributed by atoms with Crippen molar-refractivity contribution in [2.75, 3.05) is 0 Å². The second kappa shape index (κ2) is 5.47. The Bertz CT molecular complexity index is 594. The molecular weight excluding hydrogens is 250 g/mol. The van der Waals surface area contributed by atoms with Gasteiger partial charge in [-0.2, -0.15) is 0 Å². The van der Waals surface area contributed by atoms with Gasteiger partial charge < -0.3 is 0 Å². The highest BCUT2D eigenvalue weighted by atomic mass is 35.5. The van der Waals surface area contributed by atoms with Gasteiger partial charge in [-0.05, 0) is 17.2 Å². The summed E-state index contributed by atoms with van der Waals surface area (Å²) < 4.78 is 0. The third-order valence-electron chi connectivity index (χ3n) is 2.45. The van der Waals surface area contributed by atoms with Gasteiger partial charge in [0.05, 0.1) is 9.95 Å². The van der Waals surface area contributed by atoms with Crippen LogP contribution in [-0.2, 0) is 0 Å². The Hall–Kier alpha value is -2.13. The van der Waals surface area contributed by atoms with E-state index in [2.05, 4.69) is 0 Å². The first-order chi connectivity index (χ1) is 8.66. The highest BCUT2D eigenvalue weighted by molar-refractivity contribution is 6.32. The number of nitro groups is 1. The van der Waals surface area contributed by atoms with Crippen LogP contribution < -0.4 is 0 Å². The van der Waals surface area contributed by atoms with Gasteiger partial charge in [0.15, 0.2) is 0 Å². The first kappa shape index (κ1) is 12.3. The first-order valence-electron chi connectivity index (χ1n) is 5.34. The predicted octanol–water partition coefficient (Wildman–Crippen LogP) is 4.42. The number of non-ortho nitro benzene ring substituents is 1. The molecule has 2 aromatic rings. The van der Waals surface area contributed by atoms with Crippen LogP contribution in [0.2, 0.25) is 5.02 Å². The van der Waals surface area contributed by atoms with Gasteiger partial charge in [0.1, 0.15) is 0 Å². The summed E-state index contributed by atoms with van der Waals surface area (Å²) in [7, 11) is 0. The van der Waals surface area contributed by atoms with Crippen LogP contribution in [0.5, 0.6) is 0 Å². The average Bonchev–Trinajstić information content (AvgIpc) is 2.38. The highest BCUT2D eigenvalue weighted by Gasteiger charge is 2.07. The summed E-state index contributed by atoms with van der Waals surface area (Å²) >= 11 is 5.98. The van der Waals surface area contributed by atoms with Crippen LogP contribution >= 0.6 is 11.6 Å². The Morgan fingerprint density at radius 1 is 1.06 bits per heavy atom. The lowest BCUT2D eigenvalue weighted by Crippen LogP contribution is -1.87. The first-order valence-corrected chi connectivity index (χ1v) is 5.72. The molecule has 0 aliphatic rings. The molecule has 0 amide bonds. The van der Waals surface area contributed by atoms with E-state index >= 15 is 0 Å². The van der Waals surface area contributed by atoms with Gasteiger partial charge >= 0.3 is 0 Å². The van der Waals surface area contributed by atoms with Crippen LogP contribution in [0.1, 0.15) is 11.1 Å². The summed E-state index contributed by atoms with van der Waals surface area (Å²) in [5.41, 5.74) is 1.80. The number of hydrogen-bond donors (Lipinski definition) is 0. The summed E-state index contributed by atoms with van der Waals surface area (Å²) in [6.07, 6.45) is 3.74. The van der Waals surface area contributed by atoms with Crippen LogP contribution in [-0.4, -0.2) is 4.92 Å². The molecule has 0 unspecified atom stereocenters. The molecule has 0 saturated heterocycles. The molecule has 0 bridgehead atoms. The van der Waals surface area contributed by atoms with Crippen molar-refractivity contribution in [2.24, 2.45) is 0 Å². The van der Waals surface area contributed by atoms with Crippen molar-refractivity contribution in [3.8, 4) is 0 Å². The van der Waals surface area contributed by atoms with Gasteiger partial charge in [0, 0.05) is 12.1 Å². The second-order valence-electron chi connectivity index (χ2n) is 3.71. The quantitative estimate of drug-likeness (QED) is 0.465. The van der Waals surface area contributed by atoms with Gasteiger partial charge in [-0.15, -0.1) is 0 Å². The molecule has 0 atom stereocenters. The van der Waals surface area contributed by atoms with E-state index in [1.807, 2.05) is 42.5 Å². The lowest BCUT2D eigenvalue weighted by Gasteiger charge is -1.98. The molecule has 18 heavy (non-hydrogen) atoms. The molecule has 3 nitrogen and oxygen atoms in total. The molecule has 0 aliphatic heterocycles. The zero-order valence-corrected chi connectivity index (χ0v) is 10.2. The third kappa shape index (κ3) is 2.96. The van der Waals surface area contributed by atoms with Crippen molar-refractivity contribution in [1.29, 1.82) is 0 Å². The standard InChI is InChI=1S/C14H10ClNO2/c15-14-10-13(16(17)18)9-8-12(14)7-6-11-4-2-1-3-5-11/h1-10H/b7-6+. The predicted molar refractivity (Wildman–Crippen MR) is 73.5 cm³/mol. The van der Waals surface area contributed by atoms with Crippen molar-refractivity contribution >= 4 is 29.4 Å². The second-order valence-corrected chi connectivity index (χ2v) is 4.11. The lowest BCUT2D eigenvalue weighted by molar-refractivity contribution is -0.384. The Balaban J connectivity index is 2.25. The van der Waals surface area contributed by atoms with Gasteiger partial charge in [0.2, 0.25) is 0 Å². The molecule has 0 aliphatic carbocycles. The van der Waals surface area contributed by atoms with Gasteiger partial charge in [-0.25, -0.2) is 0 Å². The van der Waals surface area contributed by atoms with E-state index in [0.717, 1.165) is 11.1 Å². The van der Waals surface area contributed by atoms with E-state index in [9.17, 15) is 10.1 Å². The fourth-order valence-electron chi connectivity index (χ4n) is 1.51. The number of halogens is 1.